The predicted molar refractivity (Wildman–Crippen MR) is 88.2 cm³/mol. The Morgan fingerprint density at radius 2 is 1.71 bits per heavy atom. The number of carbonyl (C=O) groups is 2. The Bertz CT molecular complexity index is 729. The third-order valence-electron chi connectivity index (χ3n) is 4.19. The number of aliphatic carboxylic acids is 1. The van der Waals surface area contributed by atoms with E-state index in [2.05, 4.69) is 0 Å². The number of carboxylic acid groups (broad SMARTS) is 1. The molecule has 1 aliphatic heterocycles. The molecule has 0 radical (unpaired) electrons. The second-order valence-corrected chi connectivity index (χ2v) is 5.83. The van der Waals surface area contributed by atoms with Crippen molar-refractivity contribution in [2.45, 2.75) is 25.6 Å². The van der Waals surface area contributed by atoms with Crippen LogP contribution >= 0.6 is 0 Å². The summed E-state index contributed by atoms with van der Waals surface area (Å²) < 4.78 is 5.47. The fourth-order valence-electron chi connectivity index (χ4n) is 2.92. The van der Waals surface area contributed by atoms with Gasteiger partial charge >= 0.3 is 5.97 Å². The number of hydrogen-bond donors (Lipinski definition) is 1. The quantitative estimate of drug-likeness (QED) is 0.915. The Balaban J connectivity index is 1.65. The highest BCUT2D eigenvalue weighted by atomic mass is 16.5. The van der Waals surface area contributed by atoms with Gasteiger partial charge in [0, 0.05) is 13.0 Å². The molecule has 1 atom stereocenters. The predicted octanol–water partition coefficient (Wildman–Crippen LogP) is 2.24. The van der Waals surface area contributed by atoms with Crippen LogP contribution in [0.25, 0.3) is 0 Å². The van der Waals surface area contributed by atoms with Gasteiger partial charge in [0.2, 0.25) is 5.91 Å². The minimum Gasteiger partial charge on any atom is -0.480 e. The van der Waals surface area contributed by atoms with Crippen molar-refractivity contribution in [1.82, 2.24) is 4.90 Å². The van der Waals surface area contributed by atoms with Gasteiger partial charge in [-0.1, -0.05) is 54.6 Å². The van der Waals surface area contributed by atoms with Crippen LogP contribution in [0.4, 0.5) is 0 Å². The van der Waals surface area contributed by atoms with Gasteiger partial charge in [0.1, 0.15) is 12.6 Å². The van der Waals surface area contributed by atoms with Gasteiger partial charge in [-0.25, -0.2) is 4.79 Å². The summed E-state index contributed by atoms with van der Waals surface area (Å²) in [4.78, 5) is 25.4. The normalized spacial score (nSPS) is 16.5. The van der Waals surface area contributed by atoms with Crippen LogP contribution in [0, 0.1) is 0 Å². The van der Waals surface area contributed by atoms with Gasteiger partial charge in [0.15, 0.2) is 0 Å². The topological polar surface area (TPSA) is 66.8 Å². The van der Waals surface area contributed by atoms with Crippen LogP contribution in [0.15, 0.2) is 54.6 Å². The number of rotatable bonds is 5. The van der Waals surface area contributed by atoms with E-state index in [-0.39, 0.29) is 12.5 Å². The number of ether oxygens (including phenoxy) is 1. The van der Waals surface area contributed by atoms with Crippen LogP contribution < -0.4 is 0 Å². The summed E-state index contributed by atoms with van der Waals surface area (Å²) in [5.41, 5.74) is 2.95. The highest BCUT2D eigenvalue weighted by molar-refractivity contribution is 5.85. The molecule has 1 aliphatic rings. The van der Waals surface area contributed by atoms with Gasteiger partial charge in [-0.2, -0.15) is 0 Å². The molecule has 0 saturated carbocycles. The number of amides is 1. The maximum absolute atomic E-state index is 12.5. The van der Waals surface area contributed by atoms with Gasteiger partial charge in [0.05, 0.1) is 6.61 Å². The summed E-state index contributed by atoms with van der Waals surface area (Å²) in [6, 6.07) is 16.4. The van der Waals surface area contributed by atoms with Crippen molar-refractivity contribution >= 4 is 11.9 Å². The largest absolute Gasteiger partial charge is 0.480 e. The van der Waals surface area contributed by atoms with Crippen LogP contribution in [-0.4, -0.2) is 34.5 Å². The van der Waals surface area contributed by atoms with E-state index in [1.54, 1.807) is 0 Å². The van der Waals surface area contributed by atoms with Crippen molar-refractivity contribution in [3.8, 4) is 0 Å². The lowest BCUT2D eigenvalue weighted by atomic mass is 9.94. The lowest BCUT2D eigenvalue weighted by molar-refractivity contribution is -0.153. The monoisotopic (exact) mass is 325 g/mol. The second kappa shape index (κ2) is 7.27. The maximum atomic E-state index is 12.5. The number of hydrogen-bond acceptors (Lipinski definition) is 3. The van der Waals surface area contributed by atoms with Crippen molar-refractivity contribution < 1.29 is 19.4 Å². The molecule has 0 spiro atoms. The molecule has 0 aromatic heterocycles. The van der Waals surface area contributed by atoms with Gasteiger partial charge in [-0.15, -0.1) is 0 Å². The summed E-state index contributed by atoms with van der Waals surface area (Å²) in [6.45, 7) is 0.510. The molecule has 1 heterocycles. The first-order valence-electron chi connectivity index (χ1n) is 7.86. The Labute approximate surface area is 140 Å². The van der Waals surface area contributed by atoms with Crippen molar-refractivity contribution in [1.29, 1.82) is 0 Å². The summed E-state index contributed by atoms with van der Waals surface area (Å²) in [6.07, 6.45) is 0.329. The Hall–Kier alpha value is -2.66. The zero-order valence-electron chi connectivity index (χ0n) is 13.2. The molecule has 124 valence electrons. The van der Waals surface area contributed by atoms with Crippen LogP contribution in [-0.2, 0) is 33.9 Å². The Morgan fingerprint density at radius 1 is 1.04 bits per heavy atom. The molecular formula is C19H19NO4. The molecule has 24 heavy (non-hydrogen) atoms. The third-order valence-corrected chi connectivity index (χ3v) is 4.19. The highest BCUT2D eigenvalue weighted by Crippen LogP contribution is 2.23. The van der Waals surface area contributed by atoms with Gasteiger partial charge < -0.3 is 14.7 Å². The van der Waals surface area contributed by atoms with Crippen LogP contribution in [0.1, 0.15) is 16.7 Å². The summed E-state index contributed by atoms with van der Waals surface area (Å²) >= 11 is 0. The van der Waals surface area contributed by atoms with E-state index < -0.39 is 12.0 Å². The van der Waals surface area contributed by atoms with E-state index in [0.717, 1.165) is 16.7 Å². The molecule has 2 aromatic carbocycles. The molecule has 0 bridgehead atoms. The van der Waals surface area contributed by atoms with E-state index in [9.17, 15) is 14.7 Å². The minimum absolute atomic E-state index is 0.124. The summed E-state index contributed by atoms with van der Waals surface area (Å²) in [5, 5.41) is 9.45. The fourth-order valence-corrected chi connectivity index (χ4v) is 2.92. The lowest BCUT2D eigenvalue weighted by Gasteiger charge is -2.34. The fraction of sp³-hybridized carbons (Fsp3) is 0.263. The standard InChI is InChI=1S/C19H19NO4/c21-18(13-24-12-14-6-2-1-3-7-14)20-11-16-9-5-4-8-15(16)10-17(20)19(22)23/h1-9,17H,10-13H2,(H,22,23)/t17-/m1/s1. The SMILES string of the molecule is O=C(O)[C@H]1Cc2ccccc2CN1C(=O)COCc1ccccc1. The minimum atomic E-state index is -0.985. The van der Waals surface area contributed by atoms with Gasteiger partial charge in [-0.05, 0) is 16.7 Å². The number of carbonyl (C=O) groups excluding carboxylic acids is 1. The van der Waals surface area contributed by atoms with Crippen molar-refractivity contribution in [2.24, 2.45) is 0 Å². The molecule has 2 aromatic rings. The lowest BCUT2D eigenvalue weighted by Crippen LogP contribution is -2.49. The molecule has 5 heteroatoms. The molecule has 0 saturated heterocycles. The molecular weight excluding hydrogens is 306 g/mol. The number of carboxylic acids is 1. The van der Waals surface area contributed by atoms with E-state index in [1.807, 2.05) is 54.6 Å². The van der Waals surface area contributed by atoms with E-state index in [0.29, 0.717) is 19.6 Å². The van der Waals surface area contributed by atoms with Crippen LogP contribution in [0.3, 0.4) is 0 Å². The summed E-state index contributed by atoms with van der Waals surface area (Å²) in [5.74, 6) is -1.28. The molecule has 5 nitrogen and oxygen atoms in total. The highest BCUT2D eigenvalue weighted by Gasteiger charge is 2.34. The molecule has 3 rings (SSSR count). The number of benzene rings is 2. The van der Waals surface area contributed by atoms with E-state index in [1.165, 1.54) is 4.90 Å². The molecule has 0 unspecified atom stereocenters. The number of fused-ring (bicyclic) bond motifs is 1. The molecule has 0 aliphatic carbocycles. The van der Waals surface area contributed by atoms with Gasteiger partial charge in [-0.3, -0.25) is 4.79 Å². The summed E-state index contributed by atoms with van der Waals surface area (Å²) in [7, 11) is 0. The van der Waals surface area contributed by atoms with E-state index in [4.69, 9.17) is 4.74 Å². The smallest absolute Gasteiger partial charge is 0.326 e. The zero-order chi connectivity index (χ0) is 16.9. The zero-order valence-corrected chi connectivity index (χ0v) is 13.2. The Morgan fingerprint density at radius 3 is 2.42 bits per heavy atom. The van der Waals surface area contributed by atoms with Crippen molar-refractivity contribution in [2.75, 3.05) is 6.61 Å². The van der Waals surface area contributed by atoms with Crippen LogP contribution in [0.5, 0.6) is 0 Å². The Kier molecular flexibility index (Phi) is 4.91. The average Bonchev–Trinajstić information content (AvgIpc) is 2.61. The van der Waals surface area contributed by atoms with E-state index >= 15 is 0 Å². The maximum Gasteiger partial charge on any atom is 0.326 e. The molecule has 1 N–H and O–H groups in total. The average molecular weight is 325 g/mol. The number of nitrogens with zero attached hydrogens (tertiary/aromatic N) is 1. The first kappa shape index (κ1) is 16.2. The van der Waals surface area contributed by atoms with Crippen LogP contribution in [0.2, 0.25) is 0 Å². The molecule has 1 amide bonds. The van der Waals surface area contributed by atoms with Crippen molar-refractivity contribution in [3.05, 3.63) is 71.3 Å². The molecule has 0 fully saturated rings. The first-order chi connectivity index (χ1) is 11.6. The van der Waals surface area contributed by atoms with Crippen molar-refractivity contribution in [3.63, 3.8) is 0 Å². The first-order valence-corrected chi connectivity index (χ1v) is 7.86. The second-order valence-electron chi connectivity index (χ2n) is 5.83. The van der Waals surface area contributed by atoms with Gasteiger partial charge in [0.25, 0.3) is 0 Å². The third kappa shape index (κ3) is 3.63.